The van der Waals surface area contributed by atoms with Gasteiger partial charge in [0.25, 0.3) is 0 Å². The van der Waals surface area contributed by atoms with Crippen molar-refractivity contribution in [2.75, 3.05) is 13.7 Å². The summed E-state index contributed by atoms with van der Waals surface area (Å²) in [5.41, 5.74) is 2.10. The molecule has 0 radical (unpaired) electrons. The molecule has 1 atom stereocenters. The van der Waals surface area contributed by atoms with Gasteiger partial charge in [-0.25, -0.2) is 0 Å². The van der Waals surface area contributed by atoms with Gasteiger partial charge < -0.3 is 10.1 Å². The molecule has 106 valence electrons. The number of methoxy groups -OCH3 is 1. The summed E-state index contributed by atoms with van der Waals surface area (Å²) in [5, 5.41) is 3.54. The molecule has 1 aromatic carbocycles. The molecule has 0 spiro atoms. The van der Waals surface area contributed by atoms with E-state index in [0.717, 1.165) is 34.4 Å². The van der Waals surface area contributed by atoms with Gasteiger partial charge in [-0.2, -0.15) is 0 Å². The second-order valence-electron chi connectivity index (χ2n) is 4.53. The monoisotopic (exact) mass is 334 g/mol. The van der Waals surface area contributed by atoms with E-state index in [0.29, 0.717) is 0 Å². The van der Waals surface area contributed by atoms with Crippen LogP contribution in [-0.2, 0) is 0 Å². The van der Waals surface area contributed by atoms with Crippen molar-refractivity contribution in [3.05, 3.63) is 58.3 Å². The maximum atomic E-state index is 5.47. The second kappa shape index (κ2) is 7.41. The first-order chi connectivity index (χ1) is 9.76. The topological polar surface area (TPSA) is 34.2 Å². The van der Waals surface area contributed by atoms with Crippen LogP contribution in [0.4, 0.5) is 0 Å². The molecule has 1 unspecified atom stereocenters. The van der Waals surface area contributed by atoms with Crippen LogP contribution in [0, 0.1) is 0 Å². The summed E-state index contributed by atoms with van der Waals surface area (Å²) in [5.74, 6) is 0.880. The summed E-state index contributed by atoms with van der Waals surface area (Å²) in [6, 6.07) is 12.2. The van der Waals surface area contributed by atoms with Crippen molar-refractivity contribution in [2.24, 2.45) is 0 Å². The Bertz CT molecular complexity index is 542. The Labute approximate surface area is 128 Å². The Hall–Kier alpha value is -1.39. The number of nitrogens with zero attached hydrogens (tertiary/aromatic N) is 1. The number of nitrogens with one attached hydrogen (secondary N) is 1. The molecular weight excluding hydrogens is 316 g/mol. The minimum atomic E-state index is 0.0409. The largest absolute Gasteiger partial charge is 0.496 e. The summed E-state index contributed by atoms with van der Waals surface area (Å²) in [6.07, 6.45) is 2.90. The molecule has 0 saturated heterocycles. The predicted octanol–water partition coefficient (Wildman–Crippen LogP) is 3.94. The van der Waals surface area contributed by atoms with Crippen LogP contribution < -0.4 is 10.1 Å². The van der Waals surface area contributed by atoms with Gasteiger partial charge in [-0.15, -0.1) is 0 Å². The molecule has 3 nitrogen and oxygen atoms in total. The zero-order chi connectivity index (χ0) is 14.4. The summed E-state index contributed by atoms with van der Waals surface area (Å²) >= 11 is 3.42. The standard InChI is InChI=1S/C16H19BrN2O/c1-3-10-18-16(14-9-8-12(17)11-19-14)13-6-4-5-7-15(13)20-2/h4-9,11,16,18H,3,10H2,1-2H3. The molecule has 0 aliphatic heterocycles. The van der Waals surface area contributed by atoms with Gasteiger partial charge in [-0.3, -0.25) is 4.98 Å². The van der Waals surface area contributed by atoms with Crippen molar-refractivity contribution in [3.63, 3.8) is 0 Å². The molecule has 2 rings (SSSR count). The first-order valence-electron chi connectivity index (χ1n) is 6.74. The van der Waals surface area contributed by atoms with Crippen molar-refractivity contribution in [1.82, 2.24) is 10.3 Å². The third-order valence-electron chi connectivity index (χ3n) is 3.09. The maximum absolute atomic E-state index is 5.47. The molecular formula is C16H19BrN2O. The van der Waals surface area contributed by atoms with Crippen LogP contribution in [0.2, 0.25) is 0 Å². The number of rotatable bonds is 6. The highest BCUT2D eigenvalue weighted by molar-refractivity contribution is 9.10. The molecule has 0 fully saturated rings. The maximum Gasteiger partial charge on any atom is 0.124 e. The highest BCUT2D eigenvalue weighted by Crippen LogP contribution is 2.29. The lowest BCUT2D eigenvalue weighted by Crippen LogP contribution is -2.24. The molecule has 0 bridgehead atoms. The SMILES string of the molecule is CCCNC(c1ccc(Br)cn1)c1ccccc1OC. The Kier molecular flexibility index (Phi) is 5.56. The fourth-order valence-electron chi connectivity index (χ4n) is 2.13. The van der Waals surface area contributed by atoms with E-state index in [1.165, 1.54) is 0 Å². The van der Waals surface area contributed by atoms with Crippen LogP contribution in [0.25, 0.3) is 0 Å². The lowest BCUT2D eigenvalue weighted by Gasteiger charge is -2.20. The van der Waals surface area contributed by atoms with Gasteiger partial charge in [-0.05, 0) is 47.1 Å². The zero-order valence-electron chi connectivity index (χ0n) is 11.8. The third kappa shape index (κ3) is 3.58. The normalized spacial score (nSPS) is 12.2. The molecule has 0 aliphatic rings. The lowest BCUT2D eigenvalue weighted by atomic mass is 10.0. The van der Waals surface area contributed by atoms with Crippen LogP contribution in [0.5, 0.6) is 5.75 Å². The predicted molar refractivity (Wildman–Crippen MR) is 85.1 cm³/mol. The Morgan fingerprint density at radius 1 is 1.25 bits per heavy atom. The van der Waals surface area contributed by atoms with Crippen molar-refractivity contribution >= 4 is 15.9 Å². The first kappa shape index (κ1) is 15.0. The van der Waals surface area contributed by atoms with E-state index < -0.39 is 0 Å². The van der Waals surface area contributed by atoms with Crippen LogP contribution in [0.1, 0.15) is 30.6 Å². The van der Waals surface area contributed by atoms with E-state index in [-0.39, 0.29) is 6.04 Å². The van der Waals surface area contributed by atoms with Crippen molar-refractivity contribution in [2.45, 2.75) is 19.4 Å². The average molecular weight is 335 g/mol. The molecule has 2 aromatic rings. The minimum Gasteiger partial charge on any atom is -0.496 e. The Morgan fingerprint density at radius 2 is 2.05 bits per heavy atom. The summed E-state index contributed by atoms with van der Waals surface area (Å²) in [7, 11) is 1.70. The first-order valence-corrected chi connectivity index (χ1v) is 7.53. The Morgan fingerprint density at radius 3 is 2.70 bits per heavy atom. The van der Waals surface area contributed by atoms with Crippen LogP contribution in [0.15, 0.2) is 47.1 Å². The molecule has 1 heterocycles. The number of aromatic nitrogens is 1. The van der Waals surface area contributed by atoms with Crippen LogP contribution >= 0.6 is 15.9 Å². The van der Waals surface area contributed by atoms with Crippen LogP contribution in [0.3, 0.4) is 0 Å². The third-order valence-corrected chi connectivity index (χ3v) is 3.56. The molecule has 0 aliphatic carbocycles. The van der Waals surface area contributed by atoms with Gasteiger partial charge in [0.05, 0.1) is 18.8 Å². The van der Waals surface area contributed by atoms with Crippen molar-refractivity contribution in [1.29, 1.82) is 0 Å². The molecule has 0 amide bonds. The quantitative estimate of drug-likeness (QED) is 0.868. The van der Waals surface area contributed by atoms with E-state index >= 15 is 0 Å². The van der Waals surface area contributed by atoms with Gasteiger partial charge in [0.1, 0.15) is 5.75 Å². The molecule has 1 aromatic heterocycles. The van der Waals surface area contributed by atoms with Gasteiger partial charge in [-0.1, -0.05) is 25.1 Å². The van der Waals surface area contributed by atoms with E-state index in [1.54, 1.807) is 7.11 Å². The molecule has 1 N–H and O–H groups in total. The summed E-state index contributed by atoms with van der Waals surface area (Å²) in [6.45, 7) is 3.09. The van der Waals surface area contributed by atoms with E-state index in [9.17, 15) is 0 Å². The fourth-order valence-corrected chi connectivity index (χ4v) is 2.36. The molecule has 4 heteroatoms. The number of hydrogen-bond donors (Lipinski definition) is 1. The smallest absolute Gasteiger partial charge is 0.124 e. The Balaban J connectivity index is 2.38. The molecule has 20 heavy (non-hydrogen) atoms. The summed E-state index contributed by atoms with van der Waals surface area (Å²) in [4.78, 5) is 4.52. The van der Waals surface area contributed by atoms with Gasteiger partial charge in [0.15, 0.2) is 0 Å². The fraction of sp³-hybridized carbons (Fsp3) is 0.312. The van der Waals surface area contributed by atoms with Gasteiger partial charge in [0.2, 0.25) is 0 Å². The number of hydrogen-bond acceptors (Lipinski definition) is 3. The number of benzene rings is 1. The minimum absolute atomic E-state index is 0.0409. The van der Waals surface area contributed by atoms with Crippen molar-refractivity contribution < 1.29 is 4.74 Å². The highest BCUT2D eigenvalue weighted by Gasteiger charge is 2.18. The number of pyridine rings is 1. The van der Waals surface area contributed by atoms with Crippen molar-refractivity contribution in [3.8, 4) is 5.75 Å². The van der Waals surface area contributed by atoms with Gasteiger partial charge in [0, 0.05) is 16.2 Å². The molecule has 0 saturated carbocycles. The number of halogens is 1. The van der Waals surface area contributed by atoms with Crippen LogP contribution in [-0.4, -0.2) is 18.6 Å². The number of para-hydroxylation sites is 1. The summed E-state index contributed by atoms with van der Waals surface area (Å²) < 4.78 is 6.46. The van der Waals surface area contributed by atoms with E-state index in [1.807, 2.05) is 36.5 Å². The zero-order valence-corrected chi connectivity index (χ0v) is 13.4. The van der Waals surface area contributed by atoms with E-state index in [2.05, 4.69) is 39.2 Å². The second-order valence-corrected chi connectivity index (χ2v) is 5.45. The van der Waals surface area contributed by atoms with Gasteiger partial charge >= 0.3 is 0 Å². The lowest BCUT2D eigenvalue weighted by molar-refractivity contribution is 0.403. The number of ether oxygens (including phenoxy) is 1. The van der Waals surface area contributed by atoms with E-state index in [4.69, 9.17) is 4.74 Å². The highest BCUT2D eigenvalue weighted by atomic mass is 79.9. The average Bonchev–Trinajstić information content (AvgIpc) is 2.50.